The van der Waals surface area contributed by atoms with Gasteiger partial charge in [-0.1, -0.05) is 123 Å². The lowest BCUT2D eigenvalue weighted by Crippen LogP contribution is -1.98. The van der Waals surface area contributed by atoms with Crippen LogP contribution < -0.4 is 11.1 Å². The van der Waals surface area contributed by atoms with Gasteiger partial charge >= 0.3 is 0 Å². The zero-order valence-corrected chi connectivity index (χ0v) is 27.7. The van der Waals surface area contributed by atoms with E-state index < -0.39 is 0 Å². The summed E-state index contributed by atoms with van der Waals surface area (Å²) in [6, 6.07) is 34.0. The van der Waals surface area contributed by atoms with Gasteiger partial charge in [0.05, 0.1) is 0 Å². The van der Waals surface area contributed by atoms with E-state index >= 15 is 0 Å². The molecule has 3 N–H and O–H groups in total. The summed E-state index contributed by atoms with van der Waals surface area (Å²) in [6.45, 7) is 8.78. The van der Waals surface area contributed by atoms with Crippen molar-refractivity contribution in [1.82, 2.24) is 5.32 Å². The molecule has 2 nitrogen and oxygen atoms in total. The van der Waals surface area contributed by atoms with Crippen molar-refractivity contribution in [2.24, 2.45) is 5.73 Å². The third kappa shape index (κ3) is 8.39. The average molecular weight is 599 g/mol. The van der Waals surface area contributed by atoms with Gasteiger partial charge in [0.1, 0.15) is 0 Å². The first-order valence-corrected chi connectivity index (χ1v) is 16.5. The molecular weight excluding hydrogens is 553 g/mol. The molecule has 3 heteroatoms. The molecule has 0 aliphatic rings. The summed E-state index contributed by atoms with van der Waals surface area (Å²) in [5, 5.41) is 5.80. The molecule has 0 saturated heterocycles. The lowest BCUT2D eigenvalue weighted by Gasteiger charge is -2.13. The molecule has 44 heavy (non-hydrogen) atoms. The van der Waals surface area contributed by atoms with Gasteiger partial charge in [0.2, 0.25) is 0 Å². The summed E-state index contributed by atoms with van der Waals surface area (Å²) < 4.78 is 2.81. The predicted molar refractivity (Wildman–Crippen MR) is 197 cm³/mol. The molecule has 5 aromatic rings. The van der Waals surface area contributed by atoms with Gasteiger partial charge in [-0.15, -0.1) is 11.3 Å². The van der Waals surface area contributed by atoms with E-state index in [-0.39, 0.29) is 0 Å². The highest BCUT2D eigenvalue weighted by Crippen LogP contribution is 2.37. The average Bonchev–Trinajstić information content (AvgIpc) is 3.44. The number of benzene rings is 4. The van der Waals surface area contributed by atoms with E-state index in [2.05, 4.69) is 130 Å². The van der Waals surface area contributed by atoms with Gasteiger partial charge in [-0.2, -0.15) is 0 Å². The third-order valence-electron chi connectivity index (χ3n) is 7.85. The lowest BCUT2D eigenvalue weighted by atomic mass is 9.93. The van der Waals surface area contributed by atoms with Crippen molar-refractivity contribution in [3.63, 3.8) is 0 Å². The van der Waals surface area contributed by atoms with E-state index in [9.17, 15) is 0 Å². The number of thiophene rings is 1. The summed E-state index contributed by atoms with van der Waals surface area (Å²) in [5.41, 5.74) is 16.4. The van der Waals surface area contributed by atoms with Crippen molar-refractivity contribution in [2.75, 3.05) is 7.05 Å². The molecular formula is C41H46N2S. The SMILES string of the molecule is CCC/C(=C(\C=C(/N)c1ccccc1)CC)c1ccccc1.CN/C=C\C(C)=C/Cc1c(C)ccc2c1sc1ccccc12. The fraction of sp³-hybridized carbons (Fsp3) is 0.220. The second-order valence-electron chi connectivity index (χ2n) is 11.0. The Morgan fingerprint density at radius 3 is 2.14 bits per heavy atom. The normalized spacial score (nSPS) is 12.8. The maximum absolute atomic E-state index is 6.31. The molecule has 0 fully saturated rings. The van der Waals surface area contributed by atoms with Crippen LogP contribution in [-0.2, 0) is 6.42 Å². The van der Waals surface area contributed by atoms with Crippen molar-refractivity contribution in [1.29, 1.82) is 0 Å². The zero-order valence-electron chi connectivity index (χ0n) is 26.9. The maximum atomic E-state index is 6.31. The van der Waals surface area contributed by atoms with Crippen LogP contribution in [0.5, 0.6) is 0 Å². The lowest BCUT2D eigenvalue weighted by molar-refractivity contribution is 0.959. The molecule has 0 aliphatic heterocycles. The second-order valence-corrected chi connectivity index (χ2v) is 12.1. The number of nitrogens with two attached hydrogens (primary N) is 1. The number of aryl methyl sites for hydroxylation is 1. The molecule has 0 saturated carbocycles. The van der Waals surface area contributed by atoms with E-state index in [0.717, 1.165) is 36.9 Å². The zero-order chi connectivity index (χ0) is 31.3. The molecule has 1 heterocycles. The Hall–Kier alpha value is -4.34. The molecule has 4 aromatic carbocycles. The van der Waals surface area contributed by atoms with E-state index in [1.165, 1.54) is 53.6 Å². The molecule has 0 spiro atoms. The van der Waals surface area contributed by atoms with Crippen LogP contribution >= 0.6 is 11.3 Å². The van der Waals surface area contributed by atoms with Crippen molar-refractivity contribution >= 4 is 42.8 Å². The molecule has 0 aliphatic carbocycles. The summed E-state index contributed by atoms with van der Waals surface area (Å²) in [5.74, 6) is 0. The minimum absolute atomic E-state index is 0.835. The van der Waals surface area contributed by atoms with Crippen molar-refractivity contribution in [2.45, 2.75) is 53.4 Å². The Morgan fingerprint density at radius 2 is 1.48 bits per heavy atom. The number of allylic oxidation sites excluding steroid dienone is 6. The molecule has 5 rings (SSSR count). The van der Waals surface area contributed by atoms with Gasteiger partial charge in [0.25, 0.3) is 0 Å². The fourth-order valence-corrected chi connectivity index (χ4v) is 6.74. The molecule has 0 bridgehead atoms. The highest BCUT2D eigenvalue weighted by Gasteiger charge is 2.10. The van der Waals surface area contributed by atoms with Crippen molar-refractivity contribution in [3.05, 3.63) is 155 Å². The number of hydrogen-bond donors (Lipinski definition) is 2. The topological polar surface area (TPSA) is 38.0 Å². The minimum Gasteiger partial charge on any atom is -0.398 e. The minimum atomic E-state index is 0.835. The van der Waals surface area contributed by atoms with E-state index in [1.54, 1.807) is 0 Å². The first-order chi connectivity index (χ1) is 21.5. The summed E-state index contributed by atoms with van der Waals surface area (Å²) in [6.07, 6.45) is 12.7. The van der Waals surface area contributed by atoms with Gasteiger partial charge in [0.15, 0.2) is 0 Å². The van der Waals surface area contributed by atoms with Gasteiger partial charge in [-0.3, -0.25) is 0 Å². The Morgan fingerprint density at radius 1 is 0.818 bits per heavy atom. The molecule has 0 atom stereocenters. The highest BCUT2D eigenvalue weighted by atomic mass is 32.1. The largest absolute Gasteiger partial charge is 0.398 e. The third-order valence-corrected chi connectivity index (χ3v) is 9.10. The molecule has 0 amide bonds. The standard InChI is InChI=1S/C21H25N.C20H21NS/c1-3-11-20(18-12-7-5-8-13-18)17(4-2)16-21(22)19-14-9-6-10-15-19;1-14(12-13-21-3)8-10-16-15(2)9-11-18-17-6-4-5-7-19(17)22-20(16)18/h5-10,12-16H,3-4,11,22H2,1-2H3;4-9,11-13,21H,10H2,1-3H3/b20-17+,21-16-;13-12-,14-8-. The second kappa shape index (κ2) is 16.5. The summed E-state index contributed by atoms with van der Waals surface area (Å²) in [7, 11) is 1.92. The van der Waals surface area contributed by atoms with Crippen LogP contribution in [0.25, 0.3) is 31.4 Å². The Labute approximate surface area is 268 Å². The van der Waals surface area contributed by atoms with Crippen LogP contribution in [0.2, 0.25) is 0 Å². The van der Waals surface area contributed by atoms with Gasteiger partial charge in [-0.25, -0.2) is 0 Å². The van der Waals surface area contributed by atoms with Gasteiger partial charge in [0, 0.05) is 32.9 Å². The van der Waals surface area contributed by atoms with Crippen molar-refractivity contribution < 1.29 is 0 Å². The number of nitrogens with one attached hydrogen (secondary N) is 1. The van der Waals surface area contributed by atoms with Crippen LogP contribution in [0, 0.1) is 6.92 Å². The first-order valence-electron chi connectivity index (χ1n) is 15.7. The van der Waals surface area contributed by atoms with E-state index in [1.807, 2.05) is 42.8 Å². The summed E-state index contributed by atoms with van der Waals surface area (Å²) >= 11 is 1.91. The quantitative estimate of drug-likeness (QED) is 0.157. The molecule has 0 unspecified atom stereocenters. The Kier molecular flexibility index (Phi) is 12.2. The Balaban J connectivity index is 0.000000201. The van der Waals surface area contributed by atoms with Crippen LogP contribution in [0.4, 0.5) is 0 Å². The van der Waals surface area contributed by atoms with Crippen LogP contribution in [0.3, 0.4) is 0 Å². The number of fused-ring (bicyclic) bond motifs is 3. The van der Waals surface area contributed by atoms with Crippen molar-refractivity contribution in [3.8, 4) is 0 Å². The fourth-order valence-electron chi connectivity index (χ4n) is 5.43. The maximum Gasteiger partial charge on any atom is 0.0393 e. The summed E-state index contributed by atoms with van der Waals surface area (Å²) in [4.78, 5) is 0. The number of rotatable bonds is 10. The highest BCUT2D eigenvalue weighted by molar-refractivity contribution is 7.26. The van der Waals surface area contributed by atoms with Crippen LogP contribution in [-0.4, -0.2) is 7.05 Å². The smallest absolute Gasteiger partial charge is 0.0393 e. The molecule has 0 radical (unpaired) electrons. The van der Waals surface area contributed by atoms with Gasteiger partial charge in [-0.05, 0) is 90.9 Å². The van der Waals surface area contributed by atoms with Crippen LogP contribution in [0.15, 0.2) is 133 Å². The van der Waals surface area contributed by atoms with E-state index in [4.69, 9.17) is 5.73 Å². The number of hydrogen-bond acceptors (Lipinski definition) is 3. The monoisotopic (exact) mass is 598 g/mol. The van der Waals surface area contributed by atoms with Crippen LogP contribution in [0.1, 0.15) is 62.3 Å². The van der Waals surface area contributed by atoms with E-state index in [0.29, 0.717) is 0 Å². The predicted octanol–water partition coefficient (Wildman–Crippen LogP) is 11.2. The first kappa shape index (κ1) is 32.6. The molecule has 226 valence electrons. The van der Waals surface area contributed by atoms with Gasteiger partial charge < -0.3 is 11.1 Å². The molecule has 1 aromatic heterocycles. The Bertz CT molecular complexity index is 1770.